The Morgan fingerprint density at radius 3 is 2.13 bits per heavy atom. The second kappa shape index (κ2) is 5.32. The molecule has 1 aromatic carbocycles. The van der Waals surface area contributed by atoms with E-state index in [0.29, 0.717) is 5.92 Å². The molecule has 0 spiro atoms. The molecular weight excluding hydrogens is 182 g/mol. The Kier molecular flexibility index (Phi) is 3.79. The van der Waals surface area contributed by atoms with Gasteiger partial charge in [-0.05, 0) is 24.3 Å². The second-order valence-corrected chi connectivity index (χ2v) is 4.69. The van der Waals surface area contributed by atoms with Crippen molar-refractivity contribution in [2.24, 2.45) is 11.7 Å². The summed E-state index contributed by atoms with van der Waals surface area (Å²) >= 11 is 0. The Hall–Kier alpha value is -0.820. The molecule has 0 radical (unpaired) electrons. The smallest absolute Gasteiger partial charge is 0.0323 e. The molecule has 0 aliphatic heterocycles. The van der Waals surface area contributed by atoms with Crippen molar-refractivity contribution in [1.82, 2.24) is 0 Å². The fraction of sp³-hybridized carbons (Fsp3) is 0.571. The summed E-state index contributed by atoms with van der Waals surface area (Å²) in [4.78, 5) is 0. The first-order valence-electron chi connectivity index (χ1n) is 6.18. The van der Waals surface area contributed by atoms with Crippen molar-refractivity contribution in [1.29, 1.82) is 0 Å². The number of benzene rings is 1. The monoisotopic (exact) mass is 203 g/mol. The summed E-state index contributed by atoms with van der Waals surface area (Å²) in [6.45, 7) is 0. The largest absolute Gasteiger partial charge is 0.324 e. The van der Waals surface area contributed by atoms with Crippen LogP contribution in [0.5, 0.6) is 0 Å². The Morgan fingerprint density at radius 2 is 1.53 bits per heavy atom. The SMILES string of the molecule is N[C@H](c1ccccc1)C1CCCCCC1. The zero-order chi connectivity index (χ0) is 10.5. The lowest BCUT2D eigenvalue weighted by Gasteiger charge is -2.22. The van der Waals surface area contributed by atoms with Crippen molar-refractivity contribution in [3.63, 3.8) is 0 Å². The minimum atomic E-state index is 0.254. The van der Waals surface area contributed by atoms with E-state index < -0.39 is 0 Å². The zero-order valence-corrected chi connectivity index (χ0v) is 9.36. The Morgan fingerprint density at radius 1 is 0.933 bits per heavy atom. The van der Waals surface area contributed by atoms with Crippen LogP contribution in [-0.2, 0) is 0 Å². The molecule has 0 unspecified atom stereocenters. The molecule has 0 heterocycles. The van der Waals surface area contributed by atoms with E-state index in [0.717, 1.165) is 0 Å². The second-order valence-electron chi connectivity index (χ2n) is 4.69. The van der Waals surface area contributed by atoms with Crippen LogP contribution >= 0.6 is 0 Å². The molecule has 1 aromatic rings. The highest BCUT2D eigenvalue weighted by Gasteiger charge is 2.20. The topological polar surface area (TPSA) is 26.0 Å². The van der Waals surface area contributed by atoms with Crippen molar-refractivity contribution in [3.8, 4) is 0 Å². The van der Waals surface area contributed by atoms with Gasteiger partial charge in [-0.15, -0.1) is 0 Å². The predicted molar refractivity (Wildman–Crippen MR) is 64.6 cm³/mol. The molecule has 0 amide bonds. The van der Waals surface area contributed by atoms with E-state index in [9.17, 15) is 0 Å². The number of hydrogen-bond acceptors (Lipinski definition) is 1. The Labute approximate surface area is 92.7 Å². The quantitative estimate of drug-likeness (QED) is 0.729. The first-order valence-corrected chi connectivity index (χ1v) is 6.18. The van der Waals surface area contributed by atoms with Crippen LogP contribution in [-0.4, -0.2) is 0 Å². The molecule has 1 heteroatoms. The van der Waals surface area contributed by atoms with E-state index in [1.165, 1.54) is 44.1 Å². The number of rotatable bonds is 2. The van der Waals surface area contributed by atoms with Gasteiger partial charge in [0.2, 0.25) is 0 Å². The van der Waals surface area contributed by atoms with Crippen LogP contribution in [0.2, 0.25) is 0 Å². The van der Waals surface area contributed by atoms with Crippen LogP contribution in [0, 0.1) is 5.92 Å². The first kappa shape index (κ1) is 10.7. The molecule has 0 aromatic heterocycles. The van der Waals surface area contributed by atoms with Gasteiger partial charge in [-0.25, -0.2) is 0 Å². The number of nitrogens with two attached hydrogens (primary N) is 1. The van der Waals surface area contributed by atoms with Crippen LogP contribution in [0.1, 0.15) is 50.1 Å². The minimum Gasteiger partial charge on any atom is -0.324 e. The standard InChI is InChI=1S/C14H21N/c15-14(13-10-6-3-7-11-13)12-8-4-1-2-5-9-12/h3,6-7,10-12,14H,1-2,4-5,8-9,15H2/t14-/m0/s1. The van der Waals surface area contributed by atoms with Gasteiger partial charge in [0.05, 0.1) is 0 Å². The highest BCUT2D eigenvalue weighted by atomic mass is 14.7. The summed E-state index contributed by atoms with van der Waals surface area (Å²) in [5.74, 6) is 0.704. The van der Waals surface area contributed by atoms with Gasteiger partial charge in [0.1, 0.15) is 0 Å². The van der Waals surface area contributed by atoms with Gasteiger partial charge in [0.25, 0.3) is 0 Å². The van der Waals surface area contributed by atoms with E-state index >= 15 is 0 Å². The zero-order valence-electron chi connectivity index (χ0n) is 9.36. The van der Waals surface area contributed by atoms with Gasteiger partial charge >= 0.3 is 0 Å². The van der Waals surface area contributed by atoms with Gasteiger partial charge in [0, 0.05) is 6.04 Å². The molecule has 15 heavy (non-hydrogen) atoms. The van der Waals surface area contributed by atoms with Crippen molar-refractivity contribution in [2.75, 3.05) is 0 Å². The molecule has 1 aliphatic rings. The highest BCUT2D eigenvalue weighted by Crippen LogP contribution is 2.31. The molecule has 82 valence electrons. The molecule has 1 atom stereocenters. The van der Waals surface area contributed by atoms with E-state index in [1.807, 2.05) is 0 Å². The summed E-state index contributed by atoms with van der Waals surface area (Å²) < 4.78 is 0. The first-order chi connectivity index (χ1) is 7.38. The minimum absolute atomic E-state index is 0.254. The van der Waals surface area contributed by atoms with Crippen molar-refractivity contribution < 1.29 is 0 Å². The average molecular weight is 203 g/mol. The lowest BCUT2D eigenvalue weighted by atomic mass is 9.88. The van der Waals surface area contributed by atoms with Gasteiger partial charge in [0.15, 0.2) is 0 Å². The lowest BCUT2D eigenvalue weighted by molar-refractivity contribution is 0.382. The third-order valence-electron chi connectivity index (χ3n) is 3.59. The average Bonchev–Trinajstić information content (AvgIpc) is 2.58. The van der Waals surface area contributed by atoms with Crippen LogP contribution in [0.15, 0.2) is 30.3 Å². The summed E-state index contributed by atoms with van der Waals surface area (Å²) in [6, 6.07) is 10.8. The maximum absolute atomic E-state index is 6.34. The lowest BCUT2D eigenvalue weighted by Crippen LogP contribution is -2.20. The molecular formula is C14H21N. The third kappa shape index (κ3) is 2.82. The molecule has 2 N–H and O–H groups in total. The maximum Gasteiger partial charge on any atom is 0.0323 e. The number of hydrogen-bond donors (Lipinski definition) is 1. The van der Waals surface area contributed by atoms with Gasteiger partial charge in [-0.3, -0.25) is 0 Å². The predicted octanol–water partition coefficient (Wildman–Crippen LogP) is 3.66. The van der Waals surface area contributed by atoms with Crippen LogP contribution in [0.3, 0.4) is 0 Å². The van der Waals surface area contributed by atoms with Crippen molar-refractivity contribution in [3.05, 3.63) is 35.9 Å². The summed E-state index contributed by atoms with van der Waals surface area (Å²) in [5.41, 5.74) is 7.65. The fourth-order valence-electron chi connectivity index (χ4n) is 2.62. The van der Waals surface area contributed by atoms with E-state index in [2.05, 4.69) is 30.3 Å². The van der Waals surface area contributed by atoms with Crippen molar-refractivity contribution in [2.45, 2.75) is 44.6 Å². The maximum atomic E-state index is 6.34. The van der Waals surface area contributed by atoms with Crippen molar-refractivity contribution >= 4 is 0 Å². The van der Waals surface area contributed by atoms with Crippen LogP contribution < -0.4 is 5.73 Å². The van der Waals surface area contributed by atoms with Crippen LogP contribution in [0.25, 0.3) is 0 Å². The molecule has 0 bridgehead atoms. The molecule has 1 aliphatic carbocycles. The molecule has 1 fully saturated rings. The van der Waals surface area contributed by atoms with Gasteiger partial charge < -0.3 is 5.73 Å². The van der Waals surface area contributed by atoms with E-state index in [1.54, 1.807) is 0 Å². The normalized spacial score (nSPS) is 20.9. The molecule has 2 rings (SSSR count). The summed E-state index contributed by atoms with van der Waals surface area (Å²) in [5, 5.41) is 0. The molecule has 1 nitrogen and oxygen atoms in total. The van der Waals surface area contributed by atoms with E-state index in [4.69, 9.17) is 5.73 Å². The molecule has 0 saturated heterocycles. The third-order valence-corrected chi connectivity index (χ3v) is 3.59. The van der Waals surface area contributed by atoms with Gasteiger partial charge in [-0.2, -0.15) is 0 Å². The fourth-order valence-corrected chi connectivity index (χ4v) is 2.62. The highest BCUT2D eigenvalue weighted by molar-refractivity contribution is 5.19. The van der Waals surface area contributed by atoms with Gasteiger partial charge in [-0.1, -0.05) is 56.0 Å². The Bertz CT molecular complexity index is 273. The summed E-state index contributed by atoms with van der Waals surface area (Å²) in [7, 11) is 0. The summed E-state index contributed by atoms with van der Waals surface area (Å²) in [6.07, 6.45) is 8.17. The molecule has 1 saturated carbocycles. The van der Waals surface area contributed by atoms with E-state index in [-0.39, 0.29) is 6.04 Å². The van der Waals surface area contributed by atoms with Crippen LogP contribution in [0.4, 0.5) is 0 Å². The Balaban J connectivity index is 2.03.